The molecule has 3 nitrogen and oxygen atoms in total. The Morgan fingerprint density at radius 1 is 1.44 bits per heavy atom. The van der Waals surface area contributed by atoms with Crippen LogP contribution in [0.15, 0.2) is 12.2 Å². The zero-order valence-electron chi connectivity index (χ0n) is 11.3. The lowest BCUT2D eigenvalue weighted by atomic mass is 10.1. The molecular formula is C13H27N3. The molecular weight excluding hydrogens is 198 g/mol. The normalized spacial score (nSPS) is 23.9. The van der Waals surface area contributed by atoms with Gasteiger partial charge in [0.1, 0.15) is 0 Å². The fourth-order valence-electron chi connectivity index (χ4n) is 2.10. The first kappa shape index (κ1) is 13.7. The molecule has 1 saturated heterocycles. The van der Waals surface area contributed by atoms with Gasteiger partial charge in [-0.1, -0.05) is 20.4 Å². The lowest BCUT2D eigenvalue weighted by molar-refractivity contribution is 0.109. The van der Waals surface area contributed by atoms with Crippen molar-refractivity contribution >= 4 is 0 Å². The van der Waals surface area contributed by atoms with E-state index in [9.17, 15) is 0 Å². The highest BCUT2D eigenvalue weighted by Gasteiger charge is 2.21. The summed E-state index contributed by atoms with van der Waals surface area (Å²) in [4.78, 5) is 4.93. The Morgan fingerprint density at radius 2 is 2.12 bits per heavy atom. The van der Waals surface area contributed by atoms with Crippen LogP contribution in [-0.2, 0) is 0 Å². The summed E-state index contributed by atoms with van der Waals surface area (Å²) in [5, 5.41) is 3.42. The lowest BCUT2D eigenvalue weighted by Crippen LogP contribution is -2.51. The van der Waals surface area contributed by atoms with E-state index in [2.05, 4.69) is 49.5 Å². The molecule has 0 aromatic heterocycles. The summed E-state index contributed by atoms with van der Waals surface area (Å²) >= 11 is 0. The Kier molecular flexibility index (Phi) is 5.46. The Hall–Kier alpha value is -0.380. The van der Waals surface area contributed by atoms with Gasteiger partial charge < -0.3 is 10.2 Å². The molecule has 0 aromatic carbocycles. The fraction of sp³-hybridized carbons (Fsp3) is 0.846. The smallest absolute Gasteiger partial charge is 0.0206 e. The molecule has 94 valence electrons. The molecule has 0 spiro atoms. The number of rotatable bonds is 5. The number of piperazine rings is 1. The average molecular weight is 225 g/mol. The lowest BCUT2D eigenvalue weighted by Gasteiger charge is -2.38. The Labute approximate surface area is 100 Å². The van der Waals surface area contributed by atoms with Gasteiger partial charge in [0.25, 0.3) is 0 Å². The van der Waals surface area contributed by atoms with E-state index in [1.807, 2.05) is 0 Å². The van der Waals surface area contributed by atoms with Gasteiger partial charge in [0, 0.05) is 44.8 Å². The first-order valence-corrected chi connectivity index (χ1v) is 6.31. The summed E-state index contributed by atoms with van der Waals surface area (Å²) in [7, 11) is 2.20. The molecule has 1 aliphatic heterocycles. The maximum absolute atomic E-state index is 4.16. The van der Waals surface area contributed by atoms with Gasteiger partial charge in [-0.3, -0.25) is 4.90 Å². The molecule has 0 aromatic rings. The summed E-state index contributed by atoms with van der Waals surface area (Å²) in [6.07, 6.45) is 0. The maximum atomic E-state index is 4.16. The van der Waals surface area contributed by atoms with E-state index in [4.69, 9.17) is 0 Å². The van der Waals surface area contributed by atoms with Crippen molar-refractivity contribution in [1.82, 2.24) is 15.1 Å². The number of hydrogen-bond donors (Lipinski definition) is 1. The van der Waals surface area contributed by atoms with Crippen molar-refractivity contribution in [3.63, 3.8) is 0 Å². The summed E-state index contributed by atoms with van der Waals surface area (Å²) in [6, 6.07) is 1.19. The third-order valence-electron chi connectivity index (χ3n) is 3.16. The molecule has 3 heteroatoms. The summed E-state index contributed by atoms with van der Waals surface area (Å²) in [6.45, 7) is 16.3. The molecule has 1 unspecified atom stereocenters. The van der Waals surface area contributed by atoms with Gasteiger partial charge in [0.2, 0.25) is 0 Å². The second-order valence-corrected chi connectivity index (χ2v) is 5.37. The number of likely N-dealkylation sites (N-methyl/N-ethyl adjacent to an activating group) is 1. The van der Waals surface area contributed by atoms with Crippen molar-refractivity contribution in [3.8, 4) is 0 Å². The number of hydrogen-bond acceptors (Lipinski definition) is 3. The van der Waals surface area contributed by atoms with Crippen LogP contribution >= 0.6 is 0 Å². The molecule has 1 N–H and O–H groups in total. The third kappa shape index (κ3) is 4.64. The summed E-state index contributed by atoms with van der Waals surface area (Å²) in [5.74, 6) is 0. The van der Waals surface area contributed by atoms with Crippen molar-refractivity contribution in [1.29, 1.82) is 0 Å². The Bertz CT molecular complexity index is 225. The standard InChI is InChI=1S/C13H27N3/c1-11(2)14-8-12(3)9-16-7-6-15(5)10-13(16)4/h11,13-14H,3,6-10H2,1-2,4-5H3. The third-order valence-corrected chi connectivity index (χ3v) is 3.16. The molecule has 0 amide bonds. The van der Waals surface area contributed by atoms with Crippen LogP contribution in [-0.4, -0.2) is 61.7 Å². The van der Waals surface area contributed by atoms with E-state index in [1.54, 1.807) is 0 Å². The molecule has 0 saturated carbocycles. The second kappa shape index (κ2) is 6.38. The minimum absolute atomic E-state index is 0.543. The highest BCUT2D eigenvalue weighted by Crippen LogP contribution is 2.09. The van der Waals surface area contributed by atoms with E-state index in [-0.39, 0.29) is 0 Å². The SMILES string of the molecule is C=C(CNC(C)C)CN1CCN(C)CC1C. The van der Waals surface area contributed by atoms with Crippen molar-refractivity contribution < 1.29 is 0 Å². The van der Waals surface area contributed by atoms with Crippen LogP contribution in [0.5, 0.6) is 0 Å². The zero-order valence-corrected chi connectivity index (χ0v) is 11.3. The van der Waals surface area contributed by atoms with Crippen molar-refractivity contribution in [3.05, 3.63) is 12.2 Å². The van der Waals surface area contributed by atoms with E-state index in [1.165, 1.54) is 25.2 Å². The monoisotopic (exact) mass is 225 g/mol. The van der Waals surface area contributed by atoms with Gasteiger partial charge in [-0.2, -0.15) is 0 Å². The predicted molar refractivity (Wildman–Crippen MR) is 70.8 cm³/mol. The fourth-order valence-corrected chi connectivity index (χ4v) is 2.10. The van der Waals surface area contributed by atoms with Crippen LogP contribution < -0.4 is 5.32 Å². The molecule has 1 heterocycles. The average Bonchev–Trinajstić information content (AvgIpc) is 2.19. The highest BCUT2D eigenvalue weighted by atomic mass is 15.3. The van der Waals surface area contributed by atoms with Crippen LogP contribution in [0.3, 0.4) is 0 Å². The van der Waals surface area contributed by atoms with Crippen LogP contribution in [0, 0.1) is 0 Å². The molecule has 0 aliphatic carbocycles. The Morgan fingerprint density at radius 3 is 2.69 bits per heavy atom. The second-order valence-electron chi connectivity index (χ2n) is 5.37. The van der Waals surface area contributed by atoms with Crippen LogP contribution in [0.4, 0.5) is 0 Å². The predicted octanol–water partition coefficient (Wildman–Crippen LogP) is 1.18. The quantitative estimate of drug-likeness (QED) is 0.709. The summed E-state index contributed by atoms with van der Waals surface area (Å²) in [5.41, 5.74) is 1.30. The molecule has 16 heavy (non-hydrogen) atoms. The molecule has 1 rings (SSSR count). The highest BCUT2D eigenvalue weighted by molar-refractivity contribution is 5.01. The first-order chi connectivity index (χ1) is 7.49. The summed E-state index contributed by atoms with van der Waals surface area (Å²) < 4.78 is 0. The van der Waals surface area contributed by atoms with Crippen LogP contribution in [0.25, 0.3) is 0 Å². The number of nitrogens with one attached hydrogen (secondary N) is 1. The molecule has 1 aliphatic rings. The van der Waals surface area contributed by atoms with Crippen molar-refractivity contribution in [2.24, 2.45) is 0 Å². The van der Waals surface area contributed by atoms with E-state index >= 15 is 0 Å². The largest absolute Gasteiger partial charge is 0.311 e. The molecule has 1 atom stereocenters. The molecule has 1 fully saturated rings. The van der Waals surface area contributed by atoms with Gasteiger partial charge in [-0.05, 0) is 19.5 Å². The van der Waals surface area contributed by atoms with Gasteiger partial charge in [-0.25, -0.2) is 0 Å². The topological polar surface area (TPSA) is 18.5 Å². The van der Waals surface area contributed by atoms with E-state index in [0.717, 1.165) is 13.1 Å². The van der Waals surface area contributed by atoms with E-state index < -0.39 is 0 Å². The molecule has 0 radical (unpaired) electrons. The molecule has 0 bridgehead atoms. The zero-order chi connectivity index (χ0) is 12.1. The minimum atomic E-state index is 0.543. The van der Waals surface area contributed by atoms with Gasteiger partial charge in [0.05, 0.1) is 0 Å². The van der Waals surface area contributed by atoms with Gasteiger partial charge in [-0.15, -0.1) is 0 Å². The maximum Gasteiger partial charge on any atom is 0.0206 e. The van der Waals surface area contributed by atoms with Crippen LogP contribution in [0.2, 0.25) is 0 Å². The minimum Gasteiger partial charge on any atom is -0.311 e. The van der Waals surface area contributed by atoms with Crippen molar-refractivity contribution in [2.75, 3.05) is 39.8 Å². The van der Waals surface area contributed by atoms with Gasteiger partial charge in [0.15, 0.2) is 0 Å². The Balaban J connectivity index is 2.28. The number of nitrogens with zero attached hydrogens (tertiary/aromatic N) is 2. The first-order valence-electron chi connectivity index (χ1n) is 6.31. The van der Waals surface area contributed by atoms with Crippen molar-refractivity contribution in [2.45, 2.75) is 32.9 Å². The van der Waals surface area contributed by atoms with E-state index in [0.29, 0.717) is 12.1 Å². The van der Waals surface area contributed by atoms with Gasteiger partial charge >= 0.3 is 0 Å². The van der Waals surface area contributed by atoms with Crippen LogP contribution in [0.1, 0.15) is 20.8 Å².